The van der Waals surface area contributed by atoms with E-state index in [1.807, 2.05) is 0 Å². The van der Waals surface area contributed by atoms with Gasteiger partial charge in [0.05, 0.1) is 0 Å². The van der Waals surface area contributed by atoms with Crippen molar-refractivity contribution in [1.82, 2.24) is 20.6 Å². The van der Waals surface area contributed by atoms with E-state index in [9.17, 15) is 9.18 Å². The van der Waals surface area contributed by atoms with Crippen molar-refractivity contribution in [3.8, 4) is 11.4 Å². The molecule has 1 aliphatic rings. The van der Waals surface area contributed by atoms with Crippen molar-refractivity contribution >= 4 is 34.8 Å². The number of nitrogens with one attached hydrogen (secondary N) is 2. The van der Waals surface area contributed by atoms with Gasteiger partial charge in [-0.3, -0.25) is 4.79 Å². The zero-order valence-electron chi connectivity index (χ0n) is 10.6. The molecule has 21 heavy (non-hydrogen) atoms. The summed E-state index contributed by atoms with van der Waals surface area (Å²) in [5, 5.41) is 15.9. The lowest BCUT2D eigenvalue weighted by Gasteiger charge is -2.36. The third-order valence-electron chi connectivity index (χ3n) is 3.23. The number of nitrogens with zero attached hydrogens (tertiary/aromatic N) is 3. The van der Waals surface area contributed by atoms with Crippen molar-refractivity contribution < 1.29 is 9.18 Å². The maximum absolute atomic E-state index is 13.6. The number of rotatable bonds is 3. The highest BCUT2D eigenvalue weighted by molar-refractivity contribution is 6.49. The average molecular weight is 330 g/mol. The molecule has 1 amide bonds. The van der Waals surface area contributed by atoms with Crippen LogP contribution in [0.15, 0.2) is 18.2 Å². The largest absolute Gasteiger partial charge is 0.326 e. The maximum atomic E-state index is 13.6. The van der Waals surface area contributed by atoms with Gasteiger partial charge in [-0.2, -0.15) is 5.21 Å². The highest BCUT2D eigenvalue weighted by Crippen LogP contribution is 2.46. The number of benzene rings is 1. The summed E-state index contributed by atoms with van der Waals surface area (Å²) in [5.74, 6) is -0.770. The van der Waals surface area contributed by atoms with Crippen molar-refractivity contribution in [3.05, 3.63) is 24.0 Å². The fourth-order valence-corrected chi connectivity index (χ4v) is 2.91. The number of carbonyl (C=O) groups is 1. The van der Waals surface area contributed by atoms with Gasteiger partial charge in [-0.1, -0.05) is 0 Å². The SMILES string of the molecule is O=C(Nc1cc(F)cc(-c2nn[nH]n2)c1)C1CC(Cl)(Cl)C1. The number of hydrogen-bond acceptors (Lipinski definition) is 4. The second-order valence-electron chi connectivity index (χ2n) is 4.91. The lowest BCUT2D eigenvalue weighted by Crippen LogP contribution is -2.40. The fraction of sp³-hybridized carbons (Fsp3) is 0.333. The molecule has 1 aromatic carbocycles. The summed E-state index contributed by atoms with van der Waals surface area (Å²) >= 11 is 11.7. The first-order chi connectivity index (χ1) is 9.93. The third-order valence-corrected chi connectivity index (χ3v) is 3.85. The third kappa shape index (κ3) is 3.14. The van der Waals surface area contributed by atoms with Crippen LogP contribution < -0.4 is 5.32 Å². The molecule has 1 heterocycles. The molecule has 110 valence electrons. The number of alkyl halides is 2. The van der Waals surface area contributed by atoms with Crippen molar-refractivity contribution in [1.29, 1.82) is 0 Å². The Kier molecular flexibility index (Phi) is 3.54. The first kappa shape index (κ1) is 14.2. The predicted molar refractivity (Wildman–Crippen MR) is 75.4 cm³/mol. The molecule has 0 bridgehead atoms. The molecule has 0 saturated heterocycles. The number of H-pyrrole nitrogens is 1. The lowest BCUT2D eigenvalue weighted by atomic mass is 9.83. The van der Waals surface area contributed by atoms with Crippen molar-refractivity contribution in [2.75, 3.05) is 5.32 Å². The van der Waals surface area contributed by atoms with Crippen LogP contribution in [-0.4, -0.2) is 30.9 Å². The van der Waals surface area contributed by atoms with Crippen LogP contribution in [0.4, 0.5) is 10.1 Å². The van der Waals surface area contributed by atoms with E-state index in [2.05, 4.69) is 25.9 Å². The van der Waals surface area contributed by atoms with E-state index in [0.717, 1.165) is 0 Å². The van der Waals surface area contributed by atoms with E-state index in [1.165, 1.54) is 12.1 Å². The predicted octanol–water partition coefficient (Wildman–Crippen LogP) is 2.53. The molecule has 1 fully saturated rings. The topological polar surface area (TPSA) is 83.6 Å². The number of aromatic nitrogens is 4. The molecule has 0 unspecified atom stereocenters. The Bertz CT molecular complexity index is 668. The molecule has 0 aliphatic heterocycles. The van der Waals surface area contributed by atoms with Crippen LogP contribution in [0, 0.1) is 11.7 Å². The van der Waals surface area contributed by atoms with Crippen LogP contribution in [0.5, 0.6) is 0 Å². The summed E-state index contributed by atoms with van der Waals surface area (Å²) in [7, 11) is 0. The zero-order valence-corrected chi connectivity index (χ0v) is 12.1. The Morgan fingerprint density at radius 2 is 2.14 bits per heavy atom. The van der Waals surface area contributed by atoms with Crippen molar-refractivity contribution in [2.45, 2.75) is 17.2 Å². The normalized spacial score (nSPS) is 17.3. The van der Waals surface area contributed by atoms with Crippen molar-refractivity contribution in [2.24, 2.45) is 5.92 Å². The minimum atomic E-state index is -0.834. The minimum Gasteiger partial charge on any atom is -0.326 e. The Morgan fingerprint density at radius 3 is 2.76 bits per heavy atom. The fourth-order valence-electron chi connectivity index (χ4n) is 2.17. The molecule has 1 aliphatic carbocycles. The highest BCUT2D eigenvalue weighted by Gasteiger charge is 2.44. The van der Waals surface area contributed by atoms with Gasteiger partial charge in [0.15, 0.2) is 0 Å². The number of aromatic amines is 1. The molecule has 3 rings (SSSR count). The van der Waals surface area contributed by atoms with E-state index in [1.54, 1.807) is 6.07 Å². The molecule has 0 spiro atoms. The van der Waals surface area contributed by atoms with Crippen LogP contribution in [0.3, 0.4) is 0 Å². The number of halogens is 3. The van der Waals surface area contributed by atoms with Gasteiger partial charge in [-0.25, -0.2) is 4.39 Å². The van der Waals surface area contributed by atoms with Gasteiger partial charge < -0.3 is 5.32 Å². The van der Waals surface area contributed by atoms with Gasteiger partial charge in [0.1, 0.15) is 10.2 Å². The van der Waals surface area contributed by atoms with Crippen LogP contribution in [0.25, 0.3) is 11.4 Å². The number of anilines is 1. The van der Waals surface area contributed by atoms with Gasteiger partial charge in [0.25, 0.3) is 0 Å². The summed E-state index contributed by atoms with van der Waals surface area (Å²) in [6.07, 6.45) is 0.768. The Balaban J connectivity index is 1.75. The number of tetrazole rings is 1. The van der Waals surface area contributed by atoms with Gasteiger partial charge >= 0.3 is 0 Å². The van der Waals surface area contributed by atoms with Gasteiger partial charge in [-0.15, -0.1) is 33.4 Å². The van der Waals surface area contributed by atoms with E-state index >= 15 is 0 Å². The first-order valence-electron chi connectivity index (χ1n) is 6.16. The van der Waals surface area contributed by atoms with Crippen LogP contribution in [0.2, 0.25) is 0 Å². The molecule has 1 aromatic heterocycles. The molecule has 2 N–H and O–H groups in total. The number of hydrogen-bond donors (Lipinski definition) is 2. The standard InChI is InChI=1S/C12H10Cl2FN5O/c13-12(14)4-7(5-12)11(21)16-9-2-6(1-8(15)3-9)10-17-19-20-18-10/h1-3,7H,4-5H2,(H,16,21)(H,17,18,19,20). The van der Waals surface area contributed by atoms with Crippen LogP contribution in [-0.2, 0) is 4.79 Å². The first-order valence-corrected chi connectivity index (χ1v) is 6.92. The molecule has 0 atom stereocenters. The molecule has 0 radical (unpaired) electrons. The summed E-state index contributed by atoms with van der Waals surface area (Å²) < 4.78 is 12.8. The smallest absolute Gasteiger partial charge is 0.227 e. The summed E-state index contributed by atoms with van der Waals surface area (Å²) in [5.41, 5.74) is 0.734. The maximum Gasteiger partial charge on any atom is 0.227 e. The van der Waals surface area contributed by atoms with Crippen LogP contribution >= 0.6 is 23.2 Å². The van der Waals surface area contributed by atoms with E-state index in [0.29, 0.717) is 24.1 Å². The molecule has 9 heteroatoms. The van der Waals surface area contributed by atoms with Crippen LogP contribution in [0.1, 0.15) is 12.8 Å². The molecular weight excluding hydrogens is 320 g/mol. The quantitative estimate of drug-likeness (QED) is 0.847. The van der Waals surface area contributed by atoms with E-state index in [4.69, 9.17) is 23.2 Å². The van der Waals surface area contributed by atoms with Gasteiger partial charge in [-0.05, 0) is 36.3 Å². The Morgan fingerprint density at radius 1 is 1.38 bits per heavy atom. The second kappa shape index (κ2) is 5.23. The number of amides is 1. The number of carbonyl (C=O) groups excluding carboxylic acids is 1. The Labute approximate surface area is 129 Å². The molecule has 6 nitrogen and oxygen atoms in total. The summed E-state index contributed by atoms with van der Waals surface area (Å²) in [6.45, 7) is 0. The Hall–Kier alpha value is -1.73. The minimum absolute atomic E-state index is 0.239. The monoisotopic (exact) mass is 329 g/mol. The van der Waals surface area contributed by atoms with Gasteiger partial charge in [0, 0.05) is 17.2 Å². The summed E-state index contributed by atoms with van der Waals surface area (Å²) in [4.78, 5) is 12.0. The highest BCUT2D eigenvalue weighted by atomic mass is 35.5. The van der Waals surface area contributed by atoms with Crippen molar-refractivity contribution in [3.63, 3.8) is 0 Å². The lowest BCUT2D eigenvalue weighted by molar-refractivity contribution is -0.122. The molecule has 1 saturated carbocycles. The second-order valence-corrected chi connectivity index (χ2v) is 6.55. The zero-order chi connectivity index (χ0) is 15.0. The van der Waals surface area contributed by atoms with E-state index < -0.39 is 10.2 Å². The average Bonchev–Trinajstić information content (AvgIpc) is 2.88. The van der Waals surface area contributed by atoms with E-state index in [-0.39, 0.29) is 17.6 Å². The molecule has 2 aromatic rings. The van der Waals surface area contributed by atoms with Gasteiger partial charge in [0.2, 0.25) is 11.7 Å². The summed E-state index contributed by atoms with van der Waals surface area (Å²) in [6, 6.07) is 4.04. The molecular formula is C12H10Cl2FN5O.